The van der Waals surface area contributed by atoms with Crippen LogP contribution in [0.1, 0.15) is 25.3 Å². The molecule has 1 aromatic carbocycles. The molecule has 1 aromatic rings. The van der Waals surface area contributed by atoms with Gasteiger partial charge in [0.15, 0.2) is 0 Å². The second-order valence-corrected chi connectivity index (χ2v) is 3.71. The largest absolute Gasteiger partial charge is 0.466 e. The summed E-state index contributed by atoms with van der Waals surface area (Å²) < 4.78 is 18.4. The van der Waals surface area contributed by atoms with Crippen LogP contribution in [0, 0.1) is 5.82 Å². The van der Waals surface area contributed by atoms with Crippen molar-refractivity contribution in [3.63, 3.8) is 0 Å². The number of hydrogen-bond acceptors (Lipinski definition) is 3. The van der Waals surface area contributed by atoms with E-state index in [0.29, 0.717) is 31.4 Å². The molecule has 0 bridgehead atoms. The summed E-state index contributed by atoms with van der Waals surface area (Å²) in [6, 6.07) is 5.02. The SMILES string of the molecule is CCOC(=O)CCCc1ccc(NC)cc1F. The van der Waals surface area contributed by atoms with Crippen LogP contribution in [0.2, 0.25) is 0 Å². The van der Waals surface area contributed by atoms with Gasteiger partial charge in [0.1, 0.15) is 5.82 Å². The third-order valence-corrected chi connectivity index (χ3v) is 2.47. The Balaban J connectivity index is 2.44. The van der Waals surface area contributed by atoms with E-state index in [-0.39, 0.29) is 11.8 Å². The van der Waals surface area contributed by atoms with Crippen LogP contribution in [0.3, 0.4) is 0 Å². The second kappa shape index (κ2) is 6.89. The number of nitrogens with one attached hydrogen (secondary N) is 1. The molecule has 0 spiro atoms. The average Bonchev–Trinajstić information content (AvgIpc) is 2.31. The monoisotopic (exact) mass is 239 g/mol. The number of anilines is 1. The van der Waals surface area contributed by atoms with Gasteiger partial charge in [-0.15, -0.1) is 0 Å². The first-order valence-electron chi connectivity index (χ1n) is 5.79. The van der Waals surface area contributed by atoms with Crippen molar-refractivity contribution in [1.82, 2.24) is 0 Å². The topological polar surface area (TPSA) is 38.3 Å². The van der Waals surface area contributed by atoms with Crippen LogP contribution in [0.4, 0.5) is 10.1 Å². The third-order valence-electron chi connectivity index (χ3n) is 2.47. The van der Waals surface area contributed by atoms with Crippen LogP contribution in [0.5, 0.6) is 0 Å². The van der Waals surface area contributed by atoms with Crippen molar-refractivity contribution < 1.29 is 13.9 Å². The van der Waals surface area contributed by atoms with Gasteiger partial charge in [-0.2, -0.15) is 0 Å². The van der Waals surface area contributed by atoms with Crippen molar-refractivity contribution in [2.45, 2.75) is 26.2 Å². The Bertz CT molecular complexity index is 380. The van der Waals surface area contributed by atoms with E-state index >= 15 is 0 Å². The molecule has 4 heteroatoms. The minimum absolute atomic E-state index is 0.222. The fraction of sp³-hybridized carbons (Fsp3) is 0.462. The van der Waals surface area contributed by atoms with Gasteiger partial charge in [0, 0.05) is 19.2 Å². The number of hydrogen-bond donors (Lipinski definition) is 1. The lowest BCUT2D eigenvalue weighted by molar-refractivity contribution is -0.143. The molecule has 1 rings (SSSR count). The summed E-state index contributed by atoms with van der Waals surface area (Å²) in [5.41, 5.74) is 1.38. The summed E-state index contributed by atoms with van der Waals surface area (Å²) in [5, 5.41) is 2.87. The zero-order valence-corrected chi connectivity index (χ0v) is 10.3. The van der Waals surface area contributed by atoms with Gasteiger partial charge in [-0.05, 0) is 37.5 Å². The summed E-state index contributed by atoms with van der Waals surface area (Å²) >= 11 is 0. The molecule has 0 saturated heterocycles. The highest BCUT2D eigenvalue weighted by atomic mass is 19.1. The fourth-order valence-electron chi connectivity index (χ4n) is 1.56. The molecule has 0 amide bonds. The predicted octanol–water partition coefficient (Wildman–Crippen LogP) is 2.75. The lowest BCUT2D eigenvalue weighted by Gasteiger charge is -2.06. The predicted molar refractivity (Wildman–Crippen MR) is 65.5 cm³/mol. The van der Waals surface area contributed by atoms with E-state index in [2.05, 4.69) is 5.32 Å². The molecule has 3 nitrogen and oxygen atoms in total. The van der Waals surface area contributed by atoms with Crippen LogP contribution >= 0.6 is 0 Å². The molecule has 94 valence electrons. The smallest absolute Gasteiger partial charge is 0.305 e. The van der Waals surface area contributed by atoms with Gasteiger partial charge in [-0.1, -0.05) is 6.07 Å². The highest BCUT2D eigenvalue weighted by Crippen LogP contribution is 2.16. The summed E-state index contributed by atoms with van der Waals surface area (Å²) in [4.78, 5) is 11.1. The number of carbonyl (C=O) groups excluding carboxylic acids is 1. The maximum atomic E-state index is 13.6. The third kappa shape index (κ3) is 4.43. The van der Waals surface area contributed by atoms with Gasteiger partial charge in [0.05, 0.1) is 6.61 Å². The van der Waals surface area contributed by atoms with E-state index in [1.54, 1.807) is 20.0 Å². The number of carbonyl (C=O) groups is 1. The van der Waals surface area contributed by atoms with Crippen LogP contribution in [0.15, 0.2) is 18.2 Å². The van der Waals surface area contributed by atoms with E-state index in [1.165, 1.54) is 6.07 Å². The number of ether oxygens (including phenoxy) is 1. The van der Waals surface area contributed by atoms with Gasteiger partial charge >= 0.3 is 5.97 Å². The van der Waals surface area contributed by atoms with Crippen LogP contribution in [-0.4, -0.2) is 19.6 Å². The quantitative estimate of drug-likeness (QED) is 0.776. The Morgan fingerprint density at radius 1 is 1.47 bits per heavy atom. The molecule has 0 fully saturated rings. The summed E-state index contributed by atoms with van der Waals surface area (Å²) in [6.07, 6.45) is 1.49. The van der Waals surface area contributed by atoms with Gasteiger partial charge in [-0.3, -0.25) is 4.79 Å². The van der Waals surface area contributed by atoms with Gasteiger partial charge < -0.3 is 10.1 Å². The number of rotatable bonds is 6. The maximum Gasteiger partial charge on any atom is 0.305 e. The van der Waals surface area contributed by atoms with Crippen molar-refractivity contribution in [1.29, 1.82) is 0 Å². The summed E-state index contributed by atoms with van der Waals surface area (Å²) in [7, 11) is 1.75. The van der Waals surface area contributed by atoms with Crippen molar-refractivity contribution in [2.24, 2.45) is 0 Å². The molecule has 0 heterocycles. The molecule has 0 unspecified atom stereocenters. The van der Waals surface area contributed by atoms with E-state index in [9.17, 15) is 9.18 Å². The normalized spacial score (nSPS) is 10.1. The summed E-state index contributed by atoms with van der Waals surface area (Å²) in [6.45, 7) is 2.16. The molecule has 0 aromatic heterocycles. The van der Waals surface area contributed by atoms with Gasteiger partial charge in [0.25, 0.3) is 0 Å². The molecule has 0 atom stereocenters. The van der Waals surface area contributed by atoms with Crippen molar-refractivity contribution in [3.05, 3.63) is 29.6 Å². The molecule has 17 heavy (non-hydrogen) atoms. The lowest BCUT2D eigenvalue weighted by Crippen LogP contribution is -2.04. The Labute approximate surface area is 101 Å². The number of esters is 1. The van der Waals surface area contributed by atoms with E-state index in [0.717, 1.165) is 5.69 Å². The van der Waals surface area contributed by atoms with E-state index in [1.807, 2.05) is 6.07 Å². The van der Waals surface area contributed by atoms with Gasteiger partial charge in [-0.25, -0.2) is 4.39 Å². The van der Waals surface area contributed by atoms with Crippen molar-refractivity contribution in [2.75, 3.05) is 19.0 Å². The standard InChI is InChI=1S/C13H18FNO2/c1-3-17-13(16)6-4-5-10-7-8-11(15-2)9-12(10)14/h7-9,15H,3-6H2,1-2H3. The molecule has 1 N–H and O–H groups in total. The minimum Gasteiger partial charge on any atom is -0.466 e. The molecular weight excluding hydrogens is 221 g/mol. The maximum absolute atomic E-state index is 13.6. The second-order valence-electron chi connectivity index (χ2n) is 3.71. The zero-order chi connectivity index (χ0) is 12.7. The van der Waals surface area contributed by atoms with Crippen molar-refractivity contribution >= 4 is 11.7 Å². The Kier molecular flexibility index (Phi) is 5.46. The molecular formula is C13H18FNO2. The molecule has 0 aliphatic rings. The lowest BCUT2D eigenvalue weighted by atomic mass is 10.1. The van der Waals surface area contributed by atoms with Crippen LogP contribution < -0.4 is 5.32 Å². The van der Waals surface area contributed by atoms with Crippen molar-refractivity contribution in [3.8, 4) is 0 Å². The average molecular weight is 239 g/mol. The Morgan fingerprint density at radius 2 is 2.24 bits per heavy atom. The van der Waals surface area contributed by atoms with E-state index < -0.39 is 0 Å². The Morgan fingerprint density at radius 3 is 2.82 bits per heavy atom. The van der Waals surface area contributed by atoms with Crippen LogP contribution in [-0.2, 0) is 16.0 Å². The minimum atomic E-state index is -0.235. The molecule has 0 radical (unpaired) electrons. The first-order chi connectivity index (χ1) is 8.17. The molecule has 0 aliphatic carbocycles. The molecule has 0 aliphatic heterocycles. The van der Waals surface area contributed by atoms with Gasteiger partial charge in [0.2, 0.25) is 0 Å². The fourth-order valence-corrected chi connectivity index (χ4v) is 1.56. The zero-order valence-electron chi connectivity index (χ0n) is 10.3. The van der Waals surface area contributed by atoms with E-state index in [4.69, 9.17) is 4.74 Å². The highest BCUT2D eigenvalue weighted by Gasteiger charge is 2.05. The van der Waals surface area contributed by atoms with Crippen LogP contribution in [0.25, 0.3) is 0 Å². The first-order valence-corrected chi connectivity index (χ1v) is 5.79. The molecule has 0 saturated carbocycles. The summed E-state index contributed by atoms with van der Waals surface area (Å²) in [5.74, 6) is -0.458. The highest BCUT2D eigenvalue weighted by molar-refractivity contribution is 5.69. The number of halogens is 1. The number of aryl methyl sites for hydroxylation is 1. The first kappa shape index (κ1) is 13.5. The number of benzene rings is 1. The Hall–Kier alpha value is -1.58.